The molecule has 3 heterocycles. The second kappa shape index (κ2) is 7.64. The summed E-state index contributed by atoms with van der Waals surface area (Å²) in [6, 6.07) is 7.95. The zero-order valence-corrected chi connectivity index (χ0v) is 15.1. The fourth-order valence-electron chi connectivity index (χ4n) is 3.90. The Bertz CT molecular complexity index is 803. The van der Waals surface area contributed by atoms with E-state index in [2.05, 4.69) is 6.92 Å². The van der Waals surface area contributed by atoms with Crippen molar-refractivity contribution < 1.29 is 18.7 Å². The van der Waals surface area contributed by atoms with Crippen LogP contribution in [0.15, 0.2) is 34.8 Å². The summed E-state index contributed by atoms with van der Waals surface area (Å²) in [5.41, 5.74) is 1.87. The number of benzene rings is 1. The quantitative estimate of drug-likeness (QED) is 0.786. The number of carbonyl (C=O) groups is 1. The van der Waals surface area contributed by atoms with Crippen LogP contribution in [0.1, 0.15) is 31.1 Å². The SMILES string of the molecule is CCc1oc2ccccc2c1/C=C/C(=O)N1CCCC(C2OCCO2)C1. The molecule has 1 atom stereocenters. The minimum Gasteiger partial charge on any atom is -0.460 e. The number of ether oxygens (including phenoxy) is 2. The molecule has 2 fully saturated rings. The molecule has 5 heteroatoms. The van der Waals surface area contributed by atoms with Gasteiger partial charge in [0.05, 0.1) is 13.2 Å². The minimum atomic E-state index is -0.154. The van der Waals surface area contributed by atoms with Crippen LogP contribution in [0.2, 0.25) is 0 Å². The van der Waals surface area contributed by atoms with Gasteiger partial charge in [-0.25, -0.2) is 0 Å². The average Bonchev–Trinajstić information content (AvgIpc) is 3.34. The van der Waals surface area contributed by atoms with E-state index in [0.29, 0.717) is 19.8 Å². The highest BCUT2D eigenvalue weighted by molar-refractivity contribution is 5.96. The number of hydrogen-bond acceptors (Lipinski definition) is 4. The van der Waals surface area contributed by atoms with E-state index in [-0.39, 0.29) is 18.1 Å². The van der Waals surface area contributed by atoms with Gasteiger partial charge in [0.2, 0.25) is 5.91 Å². The molecule has 26 heavy (non-hydrogen) atoms. The third kappa shape index (κ3) is 3.41. The summed E-state index contributed by atoms with van der Waals surface area (Å²) in [6.45, 7) is 4.86. The van der Waals surface area contributed by atoms with E-state index in [9.17, 15) is 4.79 Å². The van der Waals surface area contributed by atoms with Crippen molar-refractivity contribution in [1.29, 1.82) is 0 Å². The number of nitrogens with zero attached hydrogens (tertiary/aromatic N) is 1. The maximum absolute atomic E-state index is 12.7. The Morgan fingerprint density at radius 3 is 2.88 bits per heavy atom. The predicted octanol–water partition coefficient (Wildman–Crippen LogP) is 3.62. The third-order valence-corrected chi connectivity index (χ3v) is 5.23. The fourth-order valence-corrected chi connectivity index (χ4v) is 3.90. The molecule has 0 radical (unpaired) electrons. The van der Waals surface area contributed by atoms with Crippen molar-refractivity contribution in [2.24, 2.45) is 5.92 Å². The molecule has 1 aromatic carbocycles. The van der Waals surface area contributed by atoms with Crippen molar-refractivity contribution in [3.05, 3.63) is 41.7 Å². The lowest BCUT2D eigenvalue weighted by Crippen LogP contribution is -2.43. The summed E-state index contributed by atoms with van der Waals surface area (Å²) in [4.78, 5) is 14.6. The molecule has 1 amide bonds. The molecule has 5 nitrogen and oxygen atoms in total. The monoisotopic (exact) mass is 355 g/mol. The fraction of sp³-hybridized carbons (Fsp3) is 0.476. The highest BCUT2D eigenvalue weighted by Gasteiger charge is 2.32. The van der Waals surface area contributed by atoms with Crippen LogP contribution in [0.4, 0.5) is 0 Å². The topological polar surface area (TPSA) is 51.9 Å². The standard InChI is InChI=1S/C21H25NO4/c1-2-18-17(16-7-3-4-8-19(16)26-18)9-10-20(23)22-11-5-6-15(14-22)21-24-12-13-25-21/h3-4,7-10,15,21H,2,5-6,11-14H2,1H3/b10-9+. The maximum Gasteiger partial charge on any atom is 0.246 e. The second-order valence-corrected chi connectivity index (χ2v) is 6.92. The van der Waals surface area contributed by atoms with Crippen molar-refractivity contribution in [2.45, 2.75) is 32.5 Å². The first-order valence-electron chi connectivity index (χ1n) is 9.47. The van der Waals surface area contributed by atoms with Crippen LogP contribution in [0, 0.1) is 5.92 Å². The van der Waals surface area contributed by atoms with Crippen LogP contribution >= 0.6 is 0 Å². The molecule has 0 N–H and O–H groups in total. The molecule has 2 aromatic rings. The lowest BCUT2D eigenvalue weighted by molar-refractivity contribution is -0.134. The maximum atomic E-state index is 12.7. The Morgan fingerprint density at radius 1 is 1.27 bits per heavy atom. The predicted molar refractivity (Wildman–Crippen MR) is 99.6 cm³/mol. The van der Waals surface area contributed by atoms with Gasteiger partial charge < -0.3 is 18.8 Å². The lowest BCUT2D eigenvalue weighted by Gasteiger charge is -2.34. The van der Waals surface area contributed by atoms with Crippen molar-refractivity contribution in [3.63, 3.8) is 0 Å². The number of amides is 1. The van der Waals surface area contributed by atoms with Gasteiger partial charge in [-0.15, -0.1) is 0 Å². The van der Waals surface area contributed by atoms with Gasteiger partial charge in [0.15, 0.2) is 6.29 Å². The number of furan rings is 1. The van der Waals surface area contributed by atoms with Gasteiger partial charge in [0, 0.05) is 42.5 Å². The number of carbonyl (C=O) groups excluding carboxylic acids is 1. The van der Waals surface area contributed by atoms with E-state index in [1.807, 2.05) is 35.2 Å². The Balaban J connectivity index is 1.49. The van der Waals surface area contributed by atoms with E-state index >= 15 is 0 Å². The van der Waals surface area contributed by atoms with Crippen LogP contribution < -0.4 is 0 Å². The number of piperidine rings is 1. The van der Waals surface area contributed by atoms with Gasteiger partial charge in [-0.1, -0.05) is 25.1 Å². The van der Waals surface area contributed by atoms with E-state index in [1.165, 1.54) is 0 Å². The zero-order valence-electron chi connectivity index (χ0n) is 15.1. The van der Waals surface area contributed by atoms with Crippen molar-refractivity contribution >= 4 is 23.0 Å². The first kappa shape index (κ1) is 17.3. The van der Waals surface area contributed by atoms with Crippen molar-refractivity contribution in [2.75, 3.05) is 26.3 Å². The van der Waals surface area contributed by atoms with Gasteiger partial charge in [0.25, 0.3) is 0 Å². The molecule has 1 aromatic heterocycles. The van der Waals surface area contributed by atoms with E-state index in [0.717, 1.165) is 48.1 Å². The molecule has 138 valence electrons. The minimum absolute atomic E-state index is 0.0417. The summed E-state index contributed by atoms with van der Waals surface area (Å²) in [6.07, 6.45) is 6.26. The molecule has 2 aliphatic rings. The van der Waals surface area contributed by atoms with Crippen LogP contribution in [0.3, 0.4) is 0 Å². The molecule has 0 saturated carbocycles. The second-order valence-electron chi connectivity index (χ2n) is 6.92. The van der Waals surface area contributed by atoms with Gasteiger partial charge in [-0.2, -0.15) is 0 Å². The molecular weight excluding hydrogens is 330 g/mol. The summed E-state index contributed by atoms with van der Waals surface area (Å²) in [5, 5.41) is 1.05. The van der Waals surface area contributed by atoms with Gasteiger partial charge in [0.1, 0.15) is 11.3 Å². The number of aryl methyl sites for hydroxylation is 1. The van der Waals surface area contributed by atoms with E-state index in [1.54, 1.807) is 6.08 Å². The molecule has 0 aliphatic carbocycles. The smallest absolute Gasteiger partial charge is 0.246 e. The Labute approximate surface area is 153 Å². The molecule has 1 unspecified atom stereocenters. The molecule has 0 bridgehead atoms. The largest absolute Gasteiger partial charge is 0.460 e. The molecule has 2 saturated heterocycles. The van der Waals surface area contributed by atoms with Crippen molar-refractivity contribution in [1.82, 2.24) is 4.90 Å². The lowest BCUT2D eigenvalue weighted by atomic mass is 9.97. The summed E-state index contributed by atoms with van der Waals surface area (Å²) in [5.74, 6) is 1.23. The number of likely N-dealkylation sites (tertiary alicyclic amines) is 1. The average molecular weight is 355 g/mol. The van der Waals surface area contributed by atoms with Crippen LogP contribution in [-0.4, -0.2) is 43.4 Å². The number of hydrogen-bond donors (Lipinski definition) is 0. The Morgan fingerprint density at radius 2 is 2.08 bits per heavy atom. The Kier molecular flexibility index (Phi) is 5.09. The van der Waals surface area contributed by atoms with Gasteiger partial charge >= 0.3 is 0 Å². The normalized spacial score (nSPS) is 21.9. The zero-order chi connectivity index (χ0) is 17.9. The van der Waals surface area contributed by atoms with Crippen LogP contribution in [0.25, 0.3) is 17.0 Å². The van der Waals surface area contributed by atoms with Crippen LogP contribution in [0.5, 0.6) is 0 Å². The van der Waals surface area contributed by atoms with Gasteiger partial charge in [-0.3, -0.25) is 4.79 Å². The van der Waals surface area contributed by atoms with Gasteiger partial charge in [-0.05, 0) is 25.0 Å². The summed E-state index contributed by atoms with van der Waals surface area (Å²) in [7, 11) is 0. The van der Waals surface area contributed by atoms with E-state index < -0.39 is 0 Å². The number of fused-ring (bicyclic) bond motifs is 1. The first-order valence-corrected chi connectivity index (χ1v) is 9.47. The summed E-state index contributed by atoms with van der Waals surface area (Å²) >= 11 is 0. The highest BCUT2D eigenvalue weighted by Crippen LogP contribution is 2.28. The van der Waals surface area contributed by atoms with Crippen molar-refractivity contribution in [3.8, 4) is 0 Å². The summed E-state index contributed by atoms with van der Waals surface area (Å²) < 4.78 is 17.2. The number of rotatable bonds is 4. The number of para-hydroxylation sites is 1. The Hall–Kier alpha value is -2.11. The first-order chi connectivity index (χ1) is 12.8. The highest BCUT2D eigenvalue weighted by atomic mass is 16.7. The third-order valence-electron chi connectivity index (χ3n) is 5.23. The molecular formula is C21H25NO4. The van der Waals surface area contributed by atoms with Crippen LogP contribution in [-0.2, 0) is 20.7 Å². The molecule has 4 rings (SSSR count). The molecule has 0 spiro atoms. The van der Waals surface area contributed by atoms with E-state index in [4.69, 9.17) is 13.9 Å². The molecule has 2 aliphatic heterocycles.